The van der Waals surface area contributed by atoms with Gasteiger partial charge in [0.25, 0.3) is 0 Å². The highest BCUT2D eigenvalue weighted by Gasteiger charge is 2.15. The van der Waals surface area contributed by atoms with Crippen LogP contribution in [0.2, 0.25) is 0 Å². The van der Waals surface area contributed by atoms with Crippen molar-refractivity contribution < 1.29 is 17.2 Å². The van der Waals surface area contributed by atoms with Gasteiger partial charge < -0.3 is 0 Å². The van der Waals surface area contributed by atoms with Crippen LogP contribution in [-0.2, 0) is 10.0 Å². The normalized spacial score (nSPS) is 12.1. The molecule has 0 amide bonds. The zero-order valence-corrected chi connectivity index (χ0v) is 10.5. The second-order valence-corrected chi connectivity index (χ2v) is 5.92. The monoisotopic (exact) mass is 263 g/mol. The van der Waals surface area contributed by atoms with E-state index in [1.54, 1.807) is 0 Å². The number of nitrogens with one attached hydrogen (secondary N) is 1. The number of hydrogen-bond donors (Lipinski definition) is 1. The zero-order valence-electron chi connectivity index (χ0n) is 9.70. The molecule has 0 saturated carbocycles. The minimum Gasteiger partial charge on any atom is -0.211 e. The highest BCUT2D eigenvalue weighted by Crippen LogP contribution is 2.13. The third-order valence-corrected chi connectivity index (χ3v) is 3.67. The van der Waals surface area contributed by atoms with Gasteiger partial charge in [0, 0.05) is 6.54 Å². The van der Waals surface area contributed by atoms with Crippen molar-refractivity contribution >= 4 is 10.0 Å². The first-order chi connectivity index (χ1) is 7.83. The Morgan fingerprint density at radius 2 is 1.88 bits per heavy atom. The molecule has 1 N–H and O–H groups in total. The third kappa shape index (κ3) is 4.05. The van der Waals surface area contributed by atoms with Crippen LogP contribution in [0.4, 0.5) is 8.78 Å². The summed E-state index contributed by atoms with van der Waals surface area (Å²) < 4.78 is 51.2. The molecular weight excluding hydrogens is 248 g/mol. The Hall–Kier alpha value is -1.01. The van der Waals surface area contributed by atoms with E-state index in [0.717, 1.165) is 12.1 Å². The molecule has 0 heterocycles. The van der Waals surface area contributed by atoms with E-state index in [9.17, 15) is 17.2 Å². The maximum atomic E-state index is 12.9. The molecule has 1 rings (SSSR count). The van der Waals surface area contributed by atoms with Crippen molar-refractivity contribution in [3.63, 3.8) is 0 Å². The molecule has 0 saturated heterocycles. The lowest BCUT2D eigenvalue weighted by molar-refractivity contribution is 0.503. The molecule has 6 heteroatoms. The van der Waals surface area contributed by atoms with Crippen LogP contribution in [0, 0.1) is 17.6 Å². The summed E-state index contributed by atoms with van der Waals surface area (Å²) >= 11 is 0. The molecule has 96 valence electrons. The average molecular weight is 263 g/mol. The molecule has 0 unspecified atom stereocenters. The van der Waals surface area contributed by atoms with Crippen LogP contribution in [0.3, 0.4) is 0 Å². The number of hydrogen-bond acceptors (Lipinski definition) is 2. The Bertz CT molecular complexity index is 486. The molecule has 1 aromatic carbocycles. The van der Waals surface area contributed by atoms with Gasteiger partial charge in [-0.2, -0.15) is 0 Å². The molecule has 0 aromatic heterocycles. The third-order valence-electron chi connectivity index (χ3n) is 2.22. The summed E-state index contributed by atoms with van der Waals surface area (Å²) in [6.45, 7) is 4.21. The quantitative estimate of drug-likeness (QED) is 0.886. The van der Waals surface area contributed by atoms with Crippen molar-refractivity contribution in [2.75, 3.05) is 6.54 Å². The Labute approximate surface area is 99.9 Å². The molecule has 0 spiro atoms. The molecule has 0 bridgehead atoms. The summed E-state index contributed by atoms with van der Waals surface area (Å²) in [5, 5.41) is 0. The second-order valence-electron chi connectivity index (χ2n) is 4.16. The number of halogens is 2. The van der Waals surface area contributed by atoms with Crippen LogP contribution in [-0.4, -0.2) is 15.0 Å². The number of benzene rings is 1. The van der Waals surface area contributed by atoms with Gasteiger partial charge in [-0.3, -0.25) is 0 Å². The molecule has 1 aromatic rings. The lowest BCUT2D eigenvalue weighted by Crippen LogP contribution is -2.25. The second kappa shape index (κ2) is 5.55. The largest absolute Gasteiger partial charge is 0.240 e. The Kier molecular flexibility index (Phi) is 4.59. The zero-order chi connectivity index (χ0) is 13.1. The van der Waals surface area contributed by atoms with Gasteiger partial charge in [-0.1, -0.05) is 13.8 Å². The molecule has 0 aliphatic carbocycles. The molecule has 0 aliphatic rings. The van der Waals surface area contributed by atoms with Crippen LogP contribution in [0.5, 0.6) is 0 Å². The van der Waals surface area contributed by atoms with Crippen LogP contribution in [0.15, 0.2) is 23.1 Å². The molecule has 0 fully saturated rings. The van der Waals surface area contributed by atoms with E-state index in [2.05, 4.69) is 4.72 Å². The van der Waals surface area contributed by atoms with Crippen molar-refractivity contribution in [1.29, 1.82) is 0 Å². The minimum absolute atomic E-state index is 0.264. The first kappa shape index (κ1) is 14.1. The van der Waals surface area contributed by atoms with Crippen LogP contribution < -0.4 is 4.72 Å². The fourth-order valence-corrected chi connectivity index (χ4v) is 2.27. The lowest BCUT2D eigenvalue weighted by Gasteiger charge is -2.08. The van der Waals surface area contributed by atoms with Crippen molar-refractivity contribution in [3.8, 4) is 0 Å². The van der Waals surface area contributed by atoms with Crippen molar-refractivity contribution in [2.45, 2.75) is 25.2 Å². The highest BCUT2D eigenvalue weighted by molar-refractivity contribution is 7.89. The summed E-state index contributed by atoms with van der Waals surface area (Å²) in [5.41, 5.74) is 0. The van der Waals surface area contributed by atoms with Crippen molar-refractivity contribution in [1.82, 2.24) is 4.72 Å². The summed E-state index contributed by atoms with van der Waals surface area (Å²) in [5.74, 6) is -1.87. The van der Waals surface area contributed by atoms with Crippen molar-refractivity contribution in [3.05, 3.63) is 29.8 Å². The molecule has 0 aliphatic heterocycles. The lowest BCUT2D eigenvalue weighted by atomic mass is 10.1. The Morgan fingerprint density at radius 1 is 1.24 bits per heavy atom. The van der Waals surface area contributed by atoms with E-state index in [0.29, 0.717) is 18.4 Å². The molecule has 3 nitrogen and oxygen atoms in total. The van der Waals surface area contributed by atoms with Gasteiger partial charge in [-0.05, 0) is 30.5 Å². The van der Waals surface area contributed by atoms with Gasteiger partial charge in [0.1, 0.15) is 0 Å². The molecule has 17 heavy (non-hydrogen) atoms. The molecular formula is C11H15F2NO2S. The number of rotatable bonds is 5. The number of sulfonamides is 1. The van der Waals surface area contributed by atoms with Gasteiger partial charge in [0.2, 0.25) is 10.0 Å². The minimum atomic E-state index is -3.75. The topological polar surface area (TPSA) is 46.2 Å². The van der Waals surface area contributed by atoms with Gasteiger partial charge in [-0.15, -0.1) is 0 Å². The first-order valence-corrected chi connectivity index (χ1v) is 6.76. The van der Waals surface area contributed by atoms with E-state index >= 15 is 0 Å². The molecule has 0 atom stereocenters. The Morgan fingerprint density at radius 3 is 2.41 bits per heavy atom. The summed E-state index contributed by atoms with van der Waals surface area (Å²) in [6, 6.07) is 2.51. The van der Waals surface area contributed by atoms with E-state index in [-0.39, 0.29) is 11.4 Å². The summed E-state index contributed by atoms with van der Waals surface area (Å²) in [6.07, 6.45) is 0.683. The van der Waals surface area contributed by atoms with Crippen LogP contribution in [0.25, 0.3) is 0 Å². The first-order valence-electron chi connectivity index (χ1n) is 5.27. The molecule has 0 radical (unpaired) electrons. The van der Waals surface area contributed by atoms with E-state index in [4.69, 9.17) is 0 Å². The van der Waals surface area contributed by atoms with Crippen molar-refractivity contribution in [2.24, 2.45) is 5.92 Å². The standard InChI is InChI=1S/C11H15F2NO2S/c1-8(2)5-6-14-17(15,16)9-3-4-10(12)11(13)7-9/h3-4,7-8,14H,5-6H2,1-2H3. The van der Waals surface area contributed by atoms with Gasteiger partial charge in [0.05, 0.1) is 4.90 Å². The van der Waals surface area contributed by atoms with E-state index in [1.807, 2.05) is 13.8 Å². The average Bonchev–Trinajstić information content (AvgIpc) is 2.21. The summed E-state index contributed by atoms with van der Waals surface area (Å²) in [7, 11) is -3.75. The fraction of sp³-hybridized carbons (Fsp3) is 0.455. The van der Waals surface area contributed by atoms with Gasteiger partial charge >= 0.3 is 0 Å². The van der Waals surface area contributed by atoms with E-state index in [1.165, 1.54) is 0 Å². The smallest absolute Gasteiger partial charge is 0.211 e. The van der Waals surface area contributed by atoms with Crippen LogP contribution in [0.1, 0.15) is 20.3 Å². The maximum Gasteiger partial charge on any atom is 0.240 e. The Balaban J connectivity index is 2.79. The van der Waals surface area contributed by atoms with Crippen LogP contribution >= 0.6 is 0 Å². The maximum absolute atomic E-state index is 12.9. The predicted molar refractivity (Wildman–Crippen MR) is 61.0 cm³/mol. The predicted octanol–water partition coefficient (Wildman–Crippen LogP) is 2.29. The fourth-order valence-electron chi connectivity index (χ4n) is 1.21. The van der Waals surface area contributed by atoms with E-state index < -0.39 is 21.7 Å². The van der Waals surface area contributed by atoms with Gasteiger partial charge in [0.15, 0.2) is 11.6 Å². The SMILES string of the molecule is CC(C)CCNS(=O)(=O)c1ccc(F)c(F)c1. The summed E-state index contributed by atoms with van der Waals surface area (Å²) in [4.78, 5) is -0.264. The van der Waals surface area contributed by atoms with Gasteiger partial charge in [-0.25, -0.2) is 21.9 Å². The highest BCUT2D eigenvalue weighted by atomic mass is 32.2.